The molecule has 7 heteroatoms. The summed E-state index contributed by atoms with van der Waals surface area (Å²) in [7, 11) is 1.64. The van der Waals surface area contributed by atoms with Crippen LogP contribution < -0.4 is 5.69 Å². The number of carbonyl (C=O) groups excluding carboxylic acids is 1. The molecule has 0 aromatic carbocycles. The molecule has 7 nitrogen and oxygen atoms in total. The van der Waals surface area contributed by atoms with E-state index in [0.717, 1.165) is 50.6 Å². The van der Waals surface area contributed by atoms with Crippen molar-refractivity contribution in [3.63, 3.8) is 0 Å². The largest absolute Gasteiger partial charge is 0.383 e. The summed E-state index contributed by atoms with van der Waals surface area (Å²) in [6, 6.07) is 3.77. The number of fused-ring (bicyclic) bond motifs is 1. The smallest absolute Gasteiger partial charge is 0.330 e. The lowest BCUT2D eigenvalue weighted by atomic mass is 10.0. The van der Waals surface area contributed by atoms with Gasteiger partial charge < -0.3 is 9.64 Å². The quantitative estimate of drug-likeness (QED) is 0.807. The highest BCUT2D eigenvalue weighted by atomic mass is 16.5. The third-order valence-corrected chi connectivity index (χ3v) is 6.02. The first-order chi connectivity index (χ1) is 13.2. The van der Waals surface area contributed by atoms with E-state index in [0.29, 0.717) is 25.3 Å². The number of aromatic nitrogens is 3. The molecule has 2 aromatic rings. The van der Waals surface area contributed by atoms with Gasteiger partial charge in [-0.3, -0.25) is 13.9 Å². The third-order valence-electron chi connectivity index (χ3n) is 6.02. The van der Waals surface area contributed by atoms with Crippen LogP contribution in [0.3, 0.4) is 0 Å². The Kier molecular flexibility index (Phi) is 5.29. The molecule has 2 aromatic heterocycles. The Morgan fingerprint density at radius 1 is 1.26 bits per heavy atom. The SMILES string of the molecule is COCCn1c(=O)n([C@H]2CCCN(C(=O)C3CCCC3)C2)c2ncccc21. The molecule has 1 amide bonds. The van der Waals surface area contributed by atoms with Crippen LogP contribution in [0.2, 0.25) is 0 Å². The summed E-state index contributed by atoms with van der Waals surface area (Å²) in [4.78, 5) is 32.5. The maximum Gasteiger partial charge on any atom is 0.330 e. The van der Waals surface area contributed by atoms with E-state index >= 15 is 0 Å². The highest BCUT2D eigenvalue weighted by Crippen LogP contribution is 2.30. The molecule has 2 aliphatic rings. The molecule has 0 unspecified atom stereocenters. The van der Waals surface area contributed by atoms with Crippen molar-refractivity contribution in [2.24, 2.45) is 5.92 Å². The van der Waals surface area contributed by atoms with E-state index < -0.39 is 0 Å². The molecule has 1 saturated heterocycles. The Morgan fingerprint density at radius 2 is 2.07 bits per heavy atom. The van der Waals surface area contributed by atoms with Crippen molar-refractivity contribution >= 4 is 17.1 Å². The summed E-state index contributed by atoms with van der Waals surface area (Å²) >= 11 is 0. The molecule has 1 aliphatic heterocycles. The van der Waals surface area contributed by atoms with Crippen LogP contribution in [0.15, 0.2) is 23.1 Å². The van der Waals surface area contributed by atoms with E-state index in [1.807, 2.05) is 17.0 Å². The fourth-order valence-corrected chi connectivity index (χ4v) is 4.63. The van der Waals surface area contributed by atoms with Gasteiger partial charge in [-0.2, -0.15) is 0 Å². The van der Waals surface area contributed by atoms with Crippen LogP contribution in [0.5, 0.6) is 0 Å². The second-order valence-electron chi connectivity index (χ2n) is 7.70. The normalized spacial score (nSPS) is 21.2. The van der Waals surface area contributed by atoms with Gasteiger partial charge in [0.25, 0.3) is 0 Å². The molecule has 0 radical (unpaired) electrons. The highest BCUT2D eigenvalue weighted by molar-refractivity contribution is 5.79. The van der Waals surface area contributed by atoms with Gasteiger partial charge in [-0.1, -0.05) is 12.8 Å². The Morgan fingerprint density at radius 3 is 2.85 bits per heavy atom. The van der Waals surface area contributed by atoms with Crippen molar-refractivity contribution in [1.29, 1.82) is 0 Å². The average Bonchev–Trinajstić information content (AvgIpc) is 3.32. The number of imidazole rings is 1. The van der Waals surface area contributed by atoms with Gasteiger partial charge in [0.1, 0.15) is 0 Å². The summed E-state index contributed by atoms with van der Waals surface area (Å²) in [6.45, 7) is 2.39. The summed E-state index contributed by atoms with van der Waals surface area (Å²) in [5.74, 6) is 0.461. The molecule has 1 saturated carbocycles. The number of piperidine rings is 1. The van der Waals surface area contributed by atoms with Gasteiger partial charge in [-0.05, 0) is 37.8 Å². The van der Waals surface area contributed by atoms with E-state index in [9.17, 15) is 9.59 Å². The Balaban J connectivity index is 1.64. The number of ether oxygens (including phenoxy) is 1. The molecule has 1 atom stereocenters. The lowest BCUT2D eigenvalue weighted by Gasteiger charge is -2.34. The van der Waals surface area contributed by atoms with Crippen molar-refractivity contribution < 1.29 is 9.53 Å². The lowest BCUT2D eigenvalue weighted by molar-refractivity contribution is -0.137. The van der Waals surface area contributed by atoms with Gasteiger partial charge in [0.2, 0.25) is 5.91 Å². The van der Waals surface area contributed by atoms with Crippen LogP contribution in [0.25, 0.3) is 11.2 Å². The fourth-order valence-electron chi connectivity index (χ4n) is 4.63. The highest BCUT2D eigenvalue weighted by Gasteiger charge is 2.32. The van der Waals surface area contributed by atoms with Crippen LogP contribution >= 0.6 is 0 Å². The van der Waals surface area contributed by atoms with Gasteiger partial charge in [0.15, 0.2) is 5.65 Å². The van der Waals surface area contributed by atoms with E-state index in [2.05, 4.69) is 4.98 Å². The Labute approximate surface area is 158 Å². The number of likely N-dealkylation sites (tertiary alicyclic amines) is 1. The molecule has 146 valence electrons. The predicted molar refractivity (Wildman–Crippen MR) is 103 cm³/mol. The molecular formula is C20H28N4O3. The number of hydrogen-bond acceptors (Lipinski definition) is 4. The molecule has 0 spiro atoms. The topological polar surface area (TPSA) is 69.4 Å². The number of rotatable bonds is 5. The first-order valence-corrected chi connectivity index (χ1v) is 10.0. The number of hydrogen-bond donors (Lipinski definition) is 0. The molecule has 4 rings (SSSR count). The van der Waals surface area contributed by atoms with Gasteiger partial charge >= 0.3 is 5.69 Å². The van der Waals surface area contributed by atoms with Crippen molar-refractivity contribution in [2.75, 3.05) is 26.8 Å². The van der Waals surface area contributed by atoms with Crippen molar-refractivity contribution in [3.8, 4) is 0 Å². The Bertz CT molecular complexity index is 866. The summed E-state index contributed by atoms with van der Waals surface area (Å²) in [5.41, 5.74) is 1.48. The van der Waals surface area contributed by atoms with Gasteiger partial charge in [0.05, 0.1) is 24.7 Å². The van der Waals surface area contributed by atoms with Crippen LogP contribution in [0.4, 0.5) is 0 Å². The van der Waals surface area contributed by atoms with E-state index in [-0.39, 0.29) is 23.6 Å². The zero-order valence-corrected chi connectivity index (χ0v) is 16.0. The zero-order valence-electron chi connectivity index (χ0n) is 16.0. The van der Waals surface area contributed by atoms with E-state index in [1.54, 1.807) is 22.4 Å². The first-order valence-electron chi connectivity index (χ1n) is 10.0. The molecule has 27 heavy (non-hydrogen) atoms. The second-order valence-corrected chi connectivity index (χ2v) is 7.70. The van der Waals surface area contributed by atoms with Crippen LogP contribution in [-0.4, -0.2) is 51.7 Å². The standard InChI is InChI=1S/C20H28N4O3/c1-27-13-12-23-17-9-4-10-21-18(17)24(20(23)26)16-8-5-11-22(14-16)19(25)15-6-2-3-7-15/h4,9-10,15-16H,2-3,5-8,11-14H2,1H3/t16-/m0/s1. The van der Waals surface area contributed by atoms with Gasteiger partial charge in [-0.25, -0.2) is 9.78 Å². The Hall–Kier alpha value is -2.15. The molecule has 3 heterocycles. The third kappa shape index (κ3) is 3.40. The minimum atomic E-state index is -0.0547. The van der Waals surface area contributed by atoms with Crippen LogP contribution in [-0.2, 0) is 16.1 Å². The predicted octanol–water partition coefficient (Wildman–Crippen LogP) is 2.20. The summed E-state index contributed by atoms with van der Waals surface area (Å²) in [6.07, 6.45) is 7.88. The zero-order chi connectivity index (χ0) is 18.8. The number of methoxy groups -OCH3 is 1. The molecule has 1 aliphatic carbocycles. The van der Waals surface area contributed by atoms with Crippen molar-refractivity contribution in [1.82, 2.24) is 19.0 Å². The monoisotopic (exact) mass is 372 g/mol. The molecule has 2 fully saturated rings. The minimum Gasteiger partial charge on any atom is -0.383 e. The molecular weight excluding hydrogens is 344 g/mol. The number of amides is 1. The van der Waals surface area contributed by atoms with Crippen LogP contribution in [0, 0.1) is 5.92 Å². The number of nitrogens with zero attached hydrogens (tertiary/aromatic N) is 4. The maximum absolute atomic E-state index is 13.2. The fraction of sp³-hybridized carbons (Fsp3) is 0.650. The first kappa shape index (κ1) is 18.2. The van der Waals surface area contributed by atoms with Crippen molar-refractivity contribution in [3.05, 3.63) is 28.8 Å². The molecule has 0 bridgehead atoms. The average molecular weight is 372 g/mol. The van der Waals surface area contributed by atoms with Gasteiger partial charge in [0, 0.05) is 32.3 Å². The minimum absolute atomic E-state index is 0.0159. The van der Waals surface area contributed by atoms with Crippen molar-refractivity contribution in [2.45, 2.75) is 51.1 Å². The van der Waals surface area contributed by atoms with Crippen LogP contribution in [0.1, 0.15) is 44.6 Å². The van der Waals surface area contributed by atoms with Gasteiger partial charge in [-0.15, -0.1) is 0 Å². The summed E-state index contributed by atoms with van der Waals surface area (Å²) in [5, 5.41) is 0. The number of pyridine rings is 1. The van der Waals surface area contributed by atoms with E-state index in [4.69, 9.17) is 4.74 Å². The maximum atomic E-state index is 13.2. The van der Waals surface area contributed by atoms with E-state index in [1.165, 1.54) is 0 Å². The lowest BCUT2D eigenvalue weighted by Crippen LogP contribution is -2.45. The summed E-state index contributed by atoms with van der Waals surface area (Å²) < 4.78 is 8.71. The second kappa shape index (κ2) is 7.84. The number of carbonyl (C=O) groups is 1. The molecule has 0 N–H and O–H groups in total.